The fourth-order valence-corrected chi connectivity index (χ4v) is 8.74. The van der Waals surface area contributed by atoms with Crippen molar-refractivity contribution < 1.29 is 29.0 Å². The normalized spacial score (nSPS) is 22.1. The van der Waals surface area contributed by atoms with E-state index in [4.69, 9.17) is 9.47 Å². The minimum Gasteiger partial charge on any atom is -0.392 e. The molecule has 3 saturated heterocycles. The van der Waals surface area contributed by atoms with Gasteiger partial charge in [0.2, 0.25) is 5.91 Å². The number of aliphatic hydroxyl groups excluding tert-OH is 1. The van der Waals surface area contributed by atoms with Gasteiger partial charge in [-0.05, 0) is 77.1 Å². The third-order valence-electron chi connectivity index (χ3n) is 11.8. The van der Waals surface area contributed by atoms with Gasteiger partial charge < -0.3 is 29.7 Å². The van der Waals surface area contributed by atoms with Gasteiger partial charge in [-0.15, -0.1) is 0 Å². The molecule has 3 atom stereocenters. The SMILES string of the molecule is O=C1c2ccccc2C(=O)N1Cc1cccc(-c2cccc(C3OC(CN4CCC5(CC4)C(=O)NCN5c4ccccc4)CC(c4ccc(CO)cc4)O3)c2)c1. The number of anilines is 1. The topological polar surface area (TPSA) is 112 Å². The van der Waals surface area contributed by atoms with Crippen LogP contribution in [0.2, 0.25) is 0 Å². The van der Waals surface area contributed by atoms with Crippen LogP contribution in [0.25, 0.3) is 11.1 Å². The van der Waals surface area contributed by atoms with Crippen molar-refractivity contribution in [2.75, 3.05) is 31.2 Å². The van der Waals surface area contributed by atoms with E-state index in [9.17, 15) is 19.5 Å². The van der Waals surface area contributed by atoms with E-state index in [1.54, 1.807) is 24.3 Å². The molecule has 0 saturated carbocycles. The van der Waals surface area contributed by atoms with Gasteiger partial charge in [0.1, 0.15) is 5.54 Å². The van der Waals surface area contributed by atoms with Crippen LogP contribution in [-0.4, -0.2) is 70.6 Å². The fourth-order valence-electron chi connectivity index (χ4n) is 8.74. The molecule has 284 valence electrons. The zero-order valence-electron chi connectivity index (χ0n) is 31.1. The average Bonchev–Trinajstić information content (AvgIpc) is 3.69. The highest BCUT2D eigenvalue weighted by Gasteiger charge is 2.50. The molecule has 3 unspecified atom stereocenters. The van der Waals surface area contributed by atoms with Gasteiger partial charge >= 0.3 is 0 Å². The summed E-state index contributed by atoms with van der Waals surface area (Å²) in [5.41, 5.74) is 6.89. The predicted octanol–water partition coefficient (Wildman–Crippen LogP) is 6.62. The lowest BCUT2D eigenvalue weighted by atomic mass is 9.85. The van der Waals surface area contributed by atoms with E-state index in [2.05, 4.69) is 33.3 Å². The first kappa shape index (κ1) is 36.0. The van der Waals surface area contributed by atoms with Crippen LogP contribution >= 0.6 is 0 Å². The van der Waals surface area contributed by atoms with Gasteiger partial charge in [-0.1, -0.05) is 91.0 Å². The Morgan fingerprint density at radius 3 is 2.09 bits per heavy atom. The molecule has 9 rings (SSSR count). The van der Waals surface area contributed by atoms with Crippen LogP contribution in [0.1, 0.15) is 74.6 Å². The third-order valence-corrected chi connectivity index (χ3v) is 11.8. The Morgan fingerprint density at radius 2 is 1.38 bits per heavy atom. The molecule has 2 N–H and O–H groups in total. The second-order valence-electron chi connectivity index (χ2n) is 15.2. The first-order valence-electron chi connectivity index (χ1n) is 19.4. The molecule has 10 heteroatoms. The highest BCUT2D eigenvalue weighted by atomic mass is 16.7. The Morgan fingerprint density at radius 1 is 0.696 bits per heavy atom. The monoisotopic (exact) mass is 748 g/mol. The minimum absolute atomic E-state index is 0.0252. The van der Waals surface area contributed by atoms with Crippen molar-refractivity contribution in [3.05, 3.63) is 161 Å². The van der Waals surface area contributed by atoms with Crippen molar-refractivity contribution in [2.45, 2.75) is 56.5 Å². The second kappa shape index (κ2) is 15.1. The molecular formula is C46H44N4O6. The fraction of sp³-hybridized carbons (Fsp3) is 0.283. The van der Waals surface area contributed by atoms with Crippen LogP contribution in [0.5, 0.6) is 0 Å². The standard InChI is InChI=1S/C46H44N4O6/c51-29-31-16-18-33(19-17-31)41-26-38(28-48-22-20-46(21-23-48)45(54)47-30-50(46)37-12-2-1-3-13-37)55-44(56-41)36-11-7-10-35(25-36)34-9-6-8-32(24-34)27-49-42(52)39-14-4-5-15-40(39)43(49)53/h1-19,24-25,38,41,44,51H,20-23,26-30H2,(H,47,54). The molecule has 4 heterocycles. The lowest BCUT2D eigenvalue weighted by molar-refractivity contribution is -0.253. The van der Waals surface area contributed by atoms with Gasteiger partial charge in [-0.25, -0.2) is 0 Å². The number of carbonyl (C=O) groups is 3. The maximum Gasteiger partial charge on any atom is 0.261 e. The lowest BCUT2D eigenvalue weighted by Crippen LogP contribution is -2.57. The summed E-state index contributed by atoms with van der Waals surface area (Å²) in [4.78, 5) is 45.4. The molecule has 0 bridgehead atoms. The highest BCUT2D eigenvalue weighted by Crippen LogP contribution is 2.41. The Hall–Kier alpha value is -5.65. The number of ether oxygens (including phenoxy) is 2. The van der Waals surface area contributed by atoms with Gasteiger partial charge in [0.25, 0.3) is 11.8 Å². The van der Waals surface area contributed by atoms with Gasteiger partial charge in [0, 0.05) is 37.3 Å². The zero-order valence-corrected chi connectivity index (χ0v) is 31.1. The van der Waals surface area contributed by atoms with E-state index >= 15 is 0 Å². The van der Waals surface area contributed by atoms with Gasteiger partial charge in [0.05, 0.1) is 43.2 Å². The van der Waals surface area contributed by atoms with Crippen LogP contribution in [0.4, 0.5) is 5.69 Å². The number of piperidine rings is 1. The number of hydrogen-bond acceptors (Lipinski definition) is 8. The van der Waals surface area contributed by atoms with Gasteiger partial charge in [-0.3, -0.25) is 19.3 Å². The maximum atomic E-state index is 13.3. The van der Waals surface area contributed by atoms with Crippen molar-refractivity contribution in [3.63, 3.8) is 0 Å². The number of benzene rings is 5. The first-order valence-corrected chi connectivity index (χ1v) is 19.4. The molecule has 56 heavy (non-hydrogen) atoms. The van der Waals surface area contributed by atoms with Gasteiger partial charge in [-0.2, -0.15) is 0 Å². The van der Waals surface area contributed by atoms with Crippen LogP contribution < -0.4 is 10.2 Å². The number of rotatable bonds is 9. The number of fused-ring (bicyclic) bond motifs is 1. The molecule has 0 aromatic heterocycles. The molecule has 4 aliphatic rings. The van der Waals surface area contributed by atoms with Crippen LogP contribution in [0.15, 0.2) is 127 Å². The number of carbonyl (C=O) groups excluding carboxylic acids is 3. The highest BCUT2D eigenvalue weighted by molar-refractivity contribution is 6.21. The van der Waals surface area contributed by atoms with Crippen LogP contribution in [0, 0.1) is 0 Å². The molecule has 10 nitrogen and oxygen atoms in total. The largest absolute Gasteiger partial charge is 0.392 e. The number of aliphatic hydroxyl groups is 1. The molecule has 4 aliphatic heterocycles. The number of nitrogens with zero attached hydrogens (tertiary/aromatic N) is 3. The summed E-state index contributed by atoms with van der Waals surface area (Å²) in [6, 6.07) is 41.1. The van der Waals surface area contributed by atoms with Crippen molar-refractivity contribution in [3.8, 4) is 11.1 Å². The first-order chi connectivity index (χ1) is 27.4. The molecule has 5 aromatic rings. The van der Waals surface area contributed by atoms with E-state index in [1.165, 1.54) is 4.90 Å². The number of hydrogen-bond donors (Lipinski definition) is 2. The molecule has 0 radical (unpaired) electrons. The number of nitrogens with one attached hydrogen (secondary N) is 1. The smallest absolute Gasteiger partial charge is 0.261 e. The van der Waals surface area contributed by atoms with Crippen molar-refractivity contribution in [1.82, 2.24) is 15.1 Å². The molecule has 3 fully saturated rings. The summed E-state index contributed by atoms with van der Waals surface area (Å²) < 4.78 is 13.5. The third kappa shape index (κ3) is 6.79. The van der Waals surface area contributed by atoms with E-state index < -0.39 is 11.8 Å². The number of likely N-dealkylation sites (tertiary alicyclic amines) is 1. The van der Waals surface area contributed by atoms with Gasteiger partial charge in [0.15, 0.2) is 6.29 Å². The quantitative estimate of drug-likeness (QED) is 0.162. The zero-order chi connectivity index (χ0) is 38.2. The van der Waals surface area contributed by atoms with Crippen molar-refractivity contribution in [2.24, 2.45) is 0 Å². The molecule has 3 amide bonds. The van der Waals surface area contributed by atoms with E-state index in [0.717, 1.165) is 65.0 Å². The molecular weight excluding hydrogens is 705 g/mol. The molecule has 5 aromatic carbocycles. The number of para-hydroxylation sites is 1. The Bertz CT molecular complexity index is 2220. The van der Waals surface area contributed by atoms with Crippen LogP contribution in [-0.2, 0) is 27.4 Å². The van der Waals surface area contributed by atoms with Crippen molar-refractivity contribution >= 4 is 23.4 Å². The van der Waals surface area contributed by atoms with E-state index in [1.807, 2.05) is 84.9 Å². The Labute approximate surface area is 326 Å². The average molecular weight is 749 g/mol. The second-order valence-corrected chi connectivity index (χ2v) is 15.2. The lowest BCUT2D eigenvalue weighted by Gasteiger charge is -2.45. The van der Waals surface area contributed by atoms with E-state index in [-0.39, 0.29) is 43.1 Å². The summed E-state index contributed by atoms with van der Waals surface area (Å²) in [6.07, 6.45) is 1.10. The molecule has 1 spiro atoms. The van der Waals surface area contributed by atoms with E-state index in [0.29, 0.717) is 30.8 Å². The maximum absolute atomic E-state index is 13.3. The van der Waals surface area contributed by atoms with Crippen LogP contribution in [0.3, 0.4) is 0 Å². The summed E-state index contributed by atoms with van der Waals surface area (Å²) >= 11 is 0. The predicted molar refractivity (Wildman–Crippen MR) is 211 cm³/mol. The van der Waals surface area contributed by atoms with Crippen molar-refractivity contribution in [1.29, 1.82) is 0 Å². The Kier molecular flexibility index (Phi) is 9.72. The summed E-state index contributed by atoms with van der Waals surface area (Å²) in [6.45, 7) is 2.91. The summed E-state index contributed by atoms with van der Waals surface area (Å²) in [5, 5.41) is 12.8. The molecule has 0 aliphatic carbocycles. The minimum atomic E-state index is -0.636. The number of imide groups is 1. The number of amides is 3. The summed E-state index contributed by atoms with van der Waals surface area (Å²) in [7, 11) is 0. The Balaban J connectivity index is 0.930. The summed E-state index contributed by atoms with van der Waals surface area (Å²) in [5.74, 6) is -0.451.